The van der Waals surface area contributed by atoms with Gasteiger partial charge in [-0.2, -0.15) is 0 Å². The number of benzene rings is 1. The molecule has 0 saturated heterocycles. The molecule has 21 heavy (non-hydrogen) atoms. The monoisotopic (exact) mass is 376 g/mol. The van der Waals surface area contributed by atoms with Gasteiger partial charge in [-0.1, -0.05) is 41.9 Å². The molecule has 1 N–H and O–H groups in total. The highest BCUT2D eigenvalue weighted by molar-refractivity contribution is 9.09. The van der Waals surface area contributed by atoms with Crippen molar-refractivity contribution >= 4 is 26.0 Å². The van der Waals surface area contributed by atoms with E-state index in [0.29, 0.717) is 11.4 Å². The fraction of sp³-hybridized carbons (Fsp3) is 0.600. The minimum atomic E-state index is -3.43. The second-order valence-corrected chi connectivity index (χ2v) is 7.57. The summed E-state index contributed by atoms with van der Waals surface area (Å²) in [6, 6.07) is 7.25. The number of hydrogen-bond acceptors (Lipinski definition) is 3. The quantitative estimate of drug-likeness (QED) is 0.673. The number of rotatable bonds is 9. The number of aryl methyl sites for hydroxylation is 1. The Labute approximate surface area is 137 Å². The molecule has 0 saturated carbocycles. The van der Waals surface area contributed by atoms with Crippen LogP contribution in [0, 0.1) is 0 Å². The SMILES string of the molecule is CCN(CC)C(C)CNS(=O)(=O)c1ccc(CCBr)cc1. The minimum absolute atomic E-state index is 0.183. The number of halogens is 1. The molecule has 1 rings (SSSR count). The van der Waals surface area contributed by atoms with Crippen molar-refractivity contribution in [1.82, 2.24) is 9.62 Å². The van der Waals surface area contributed by atoms with Crippen molar-refractivity contribution < 1.29 is 8.42 Å². The molecular weight excluding hydrogens is 352 g/mol. The minimum Gasteiger partial charge on any atom is -0.300 e. The third-order valence-electron chi connectivity index (χ3n) is 3.62. The predicted octanol–water partition coefficient (Wildman–Crippen LogP) is 2.63. The number of hydrogen-bond donors (Lipinski definition) is 1. The Morgan fingerprint density at radius 3 is 2.24 bits per heavy atom. The first-order chi connectivity index (χ1) is 9.94. The maximum atomic E-state index is 12.3. The van der Waals surface area contributed by atoms with E-state index in [0.717, 1.165) is 30.4 Å². The molecule has 0 aliphatic heterocycles. The van der Waals surface area contributed by atoms with Crippen molar-refractivity contribution in [1.29, 1.82) is 0 Å². The van der Waals surface area contributed by atoms with Crippen molar-refractivity contribution in [3.8, 4) is 0 Å². The molecule has 0 aliphatic carbocycles. The lowest BCUT2D eigenvalue weighted by Crippen LogP contribution is -2.41. The van der Waals surface area contributed by atoms with E-state index in [9.17, 15) is 8.42 Å². The molecule has 1 aromatic rings. The Balaban J connectivity index is 2.68. The summed E-state index contributed by atoms with van der Waals surface area (Å²) in [6.45, 7) is 8.46. The molecule has 0 fully saturated rings. The highest BCUT2D eigenvalue weighted by Gasteiger charge is 2.17. The fourth-order valence-corrected chi connectivity index (χ4v) is 3.81. The van der Waals surface area contributed by atoms with Crippen LogP contribution in [0.15, 0.2) is 29.2 Å². The molecule has 1 aromatic carbocycles. The van der Waals surface area contributed by atoms with Gasteiger partial charge in [-0.25, -0.2) is 13.1 Å². The zero-order chi connectivity index (χ0) is 15.9. The van der Waals surface area contributed by atoms with Crippen molar-refractivity contribution in [3.05, 3.63) is 29.8 Å². The lowest BCUT2D eigenvalue weighted by molar-refractivity contribution is 0.232. The van der Waals surface area contributed by atoms with E-state index in [-0.39, 0.29) is 6.04 Å². The van der Waals surface area contributed by atoms with Crippen LogP contribution in [-0.4, -0.2) is 44.3 Å². The number of nitrogens with one attached hydrogen (secondary N) is 1. The molecule has 0 aliphatic rings. The molecule has 4 nitrogen and oxygen atoms in total. The first-order valence-corrected chi connectivity index (χ1v) is 9.93. The lowest BCUT2D eigenvalue weighted by atomic mass is 10.2. The van der Waals surface area contributed by atoms with E-state index in [1.165, 1.54) is 0 Å². The molecule has 0 radical (unpaired) electrons. The predicted molar refractivity (Wildman–Crippen MR) is 91.5 cm³/mol. The zero-order valence-electron chi connectivity index (χ0n) is 13.0. The van der Waals surface area contributed by atoms with E-state index in [2.05, 4.69) is 39.4 Å². The van der Waals surface area contributed by atoms with Crippen LogP contribution in [0.4, 0.5) is 0 Å². The number of sulfonamides is 1. The summed E-state index contributed by atoms with van der Waals surface area (Å²) in [5.74, 6) is 0. The maximum Gasteiger partial charge on any atom is 0.240 e. The Morgan fingerprint density at radius 1 is 1.19 bits per heavy atom. The number of likely N-dealkylation sites (N-methyl/N-ethyl adjacent to an activating group) is 1. The average molecular weight is 377 g/mol. The standard InChI is InChI=1S/C15H25BrN2O2S/c1-4-18(5-2)13(3)12-17-21(19,20)15-8-6-14(7-9-15)10-11-16/h6-9,13,17H,4-5,10-12H2,1-3H3. The van der Waals surface area contributed by atoms with E-state index < -0.39 is 10.0 Å². The molecule has 6 heteroatoms. The van der Waals surface area contributed by atoms with Gasteiger partial charge < -0.3 is 0 Å². The normalized spacial score (nSPS) is 13.6. The van der Waals surface area contributed by atoms with Crippen LogP contribution >= 0.6 is 15.9 Å². The number of alkyl halides is 1. The van der Waals surface area contributed by atoms with Gasteiger partial charge in [0.05, 0.1) is 4.90 Å². The van der Waals surface area contributed by atoms with Gasteiger partial charge in [-0.3, -0.25) is 4.90 Å². The summed E-state index contributed by atoms with van der Waals surface area (Å²) in [5, 5.41) is 0.874. The molecule has 0 bridgehead atoms. The molecule has 1 atom stereocenters. The highest BCUT2D eigenvalue weighted by Crippen LogP contribution is 2.12. The molecule has 0 aromatic heterocycles. The van der Waals surface area contributed by atoms with Crippen LogP contribution in [0.2, 0.25) is 0 Å². The summed E-state index contributed by atoms with van der Waals surface area (Å²) < 4.78 is 27.2. The van der Waals surface area contributed by atoms with Crippen molar-refractivity contribution in [2.75, 3.05) is 25.0 Å². The molecule has 0 heterocycles. The van der Waals surface area contributed by atoms with Gasteiger partial charge in [-0.15, -0.1) is 0 Å². The van der Waals surface area contributed by atoms with Crippen molar-refractivity contribution in [2.45, 2.75) is 38.1 Å². The van der Waals surface area contributed by atoms with E-state index in [1.807, 2.05) is 19.1 Å². The molecule has 0 spiro atoms. The Kier molecular flexibility index (Phi) is 7.87. The average Bonchev–Trinajstić information content (AvgIpc) is 2.47. The van der Waals surface area contributed by atoms with Crippen LogP contribution in [0.3, 0.4) is 0 Å². The maximum absolute atomic E-state index is 12.3. The Hall–Kier alpha value is -0.430. The van der Waals surface area contributed by atoms with Gasteiger partial charge >= 0.3 is 0 Å². The van der Waals surface area contributed by atoms with Crippen LogP contribution < -0.4 is 4.72 Å². The van der Waals surface area contributed by atoms with E-state index in [1.54, 1.807) is 12.1 Å². The zero-order valence-corrected chi connectivity index (χ0v) is 15.4. The second kappa shape index (κ2) is 8.88. The van der Waals surface area contributed by atoms with Crippen LogP contribution in [0.1, 0.15) is 26.3 Å². The van der Waals surface area contributed by atoms with Gasteiger partial charge in [0.25, 0.3) is 0 Å². The van der Waals surface area contributed by atoms with Gasteiger partial charge in [0, 0.05) is 17.9 Å². The van der Waals surface area contributed by atoms with Gasteiger partial charge in [0.1, 0.15) is 0 Å². The third kappa shape index (κ3) is 5.70. The largest absolute Gasteiger partial charge is 0.300 e. The smallest absolute Gasteiger partial charge is 0.240 e. The summed E-state index contributed by atoms with van der Waals surface area (Å²) in [4.78, 5) is 2.55. The van der Waals surface area contributed by atoms with Crippen molar-refractivity contribution in [3.63, 3.8) is 0 Å². The molecule has 1 unspecified atom stereocenters. The Bertz CT molecular complexity index is 513. The van der Waals surface area contributed by atoms with Crippen LogP contribution in [0.5, 0.6) is 0 Å². The second-order valence-electron chi connectivity index (χ2n) is 5.01. The Morgan fingerprint density at radius 2 is 1.76 bits per heavy atom. The summed E-state index contributed by atoms with van der Waals surface area (Å²) in [6.07, 6.45) is 0.896. The van der Waals surface area contributed by atoms with Gasteiger partial charge in [0.15, 0.2) is 0 Å². The summed E-state index contributed by atoms with van der Waals surface area (Å²) >= 11 is 3.38. The van der Waals surface area contributed by atoms with Crippen LogP contribution in [-0.2, 0) is 16.4 Å². The van der Waals surface area contributed by atoms with Crippen molar-refractivity contribution in [2.24, 2.45) is 0 Å². The highest BCUT2D eigenvalue weighted by atomic mass is 79.9. The van der Waals surface area contributed by atoms with Gasteiger partial charge in [-0.05, 0) is 44.1 Å². The van der Waals surface area contributed by atoms with Gasteiger partial charge in [0.2, 0.25) is 10.0 Å². The summed E-state index contributed by atoms with van der Waals surface area (Å²) in [7, 11) is -3.43. The van der Waals surface area contributed by atoms with E-state index in [4.69, 9.17) is 0 Å². The summed E-state index contributed by atoms with van der Waals surface area (Å²) in [5.41, 5.74) is 1.13. The lowest BCUT2D eigenvalue weighted by Gasteiger charge is -2.26. The molecule has 0 amide bonds. The first kappa shape index (κ1) is 18.6. The molecular formula is C15H25BrN2O2S. The first-order valence-electron chi connectivity index (χ1n) is 7.33. The number of nitrogens with zero attached hydrogens (tertiary/aromatic N) is 1. The topological polar surface area (TPSA) is 49.4 Å². The fourth-order valence-electron chi connectivity index (χ4n) is 2.23. The van der Waals surface area contributed by atoms with E-state index >= 15 is 0 Å². The van der Waals surface area contributed by atoms with Crippen LogP contribution in [0.25, 0.3) is 0 Å². The third-order valence-corrected chi connectivity index (χ3v) is 5.46. The molecule has 120 valence electrons.